The smallest absolute Gasteiger partial charge is 0.338 e. The van der Waals surface area contributed by atoms with Gasteiger partial charge in [-0.1, -0.05) is 18.2 Å². The third kappa shape index (κ3) is 7.17. The maximum absolute atomic E-state index is 12.2. The summed E-state index contributed by atoms with van der Waals surface area (Å²) in [6.07, 6.45) is 0. The minimum atomic E-state index is -0.392. The number of ether oxygens (including phenoxy) is 1. The minimum Gasteiger partial charge on any atom is -0.462 e. The van der Waals surface area contributed by atoms with E-state index in [0.29, 0.717) is 29.2 Å². The molecule has 0 unspecified atom stereocenters. The van der Waals surface area contributed by atoms with Crippen LogP contribution in [-0.2, 0) is 9.53 Å². The van der Waals surface area contributed by atoms with E-state index in [1.165, 1.54) is 11.8 Å². The molecule has 0 aliphatic rings. The molecular weight excluding hydrogens is 426 g/mol. The number of hydrogen-bond donors (Lipinski definition) is 3. The van der Waals surface area contributed by atoms with E-state index in [1.54, 1.807) is 55.5 Å². The summed E-state index contributed by atoms with van der Waals surface area (Å²) in [5.41, 5.74) is 2.39. The molecule has 32 heavy (non-hydrogen) atoms. The second-order valence-electron chi connectivity index (χ2n) is 6.60. The zero-order valence-electron chi connectivity index (χ0n) is 17.5. The summed E-state index contributed by atoms with van der Waals surface area (Å²) in [6, 6.07) is 22.6. The number of anilines is 3. The molecule has 0 aromatic heterocycles. The summed E-state index contributed by atoms with van der Waals surface area (Å²) in [5, 5.41) is 8.31. The van der Waals surface area contributed by atoms with Gasteiger partial charge in [-0.15, -0.1) is 11.8 Å². The molecule has 0 bridgehead atoms. The van der Waals surface area contributed by atoms with Gasteiger partial charge in [0.2, 0.25) is 5.91 Å². The quantitative estimate of drug-likeness (QED) is 0.323. The van der Waals surface area contributed by atoms with E-state index >= 15 is 0 Å². The van der Waals surface area contributed by atoms with Crippen molar-refractivity contribution in [3.8, 4) is 0 Å². The Kier molecular flexibility index (Phi) is 8.28. The second kappa shape index (κ2) is 11.6. The molecule has 3 aromatic carbocycles. The highest BCUT2D eigenvalue weighted by atomic mass is 32.2. The number of hydrogen-bond acceptors (Lipinski definition) is 5. The second-order valence-corrected chi connectivity index (χ2v) is 7.65. The van der Waals surface area contributed by atoms with E-state index in [-0.39, 0.29) is 17.7 Å². The van der Waals surface area contributed by atoms with Crippen molar-refractivity contribution in [1.82, 2.24) is 0 Å². The molecule has 3 rings (SSSR count). The highest BCUT2D eigenvalue weighted by Gasteiger charge is 2.08. The van der Waals surface area contributed by atoms with Crippen LogP contribution >= 0.6 is 11.8 Å². The first-order valence-electron chi connectivity index (χ1n) is 9.96. The van der Waals surface area contributed by atoms with Crippen LogP contribution in [0.2, 0.25) is 0 Å². The molecule has 3 amide bonds. The Hall–Kier alpha value is -3.78. The molecule has 0 radical (unpaired) electrons. The number of esters is 1. The molecule has 7 nitrogen and oxygen atoms in total. The number of para-hydroxylation sites is 1. The van der Waals surface area contributed by atoms with Crippen molar-refractivity contribution in [2.24, 2.45) is 0 Å². The van der Waals surface area contributed by atoms with Crippen LogP contribution in [0, 0.1) is 0 Å². The van der Waals surface area contributed by atoms with Gasteiger partial charge in [0, 0.05) is 22.0 Å². The van der Waals surface area contributed by atoms with E-state index in [0.717, 1.165) is 4.90 Å². The van der Waals surface area contributed by atoms with Gasteiger partial charge in [0.15, 0.2) is 0 Å². The number of urea groups is 1. The predicted molar refractivity (Wildman–Crippen MR) is 127 cm³/mol. The van der Waals surface area contributed by atoms with Crippen LogP contribution in [-0.4, -0.2) is 30.3 Å². The van der Waals surface area contributed by atoms with Crippen molar-refractivity contribution >= 4 is 46.7 Å². The minimum absolute atomic E-state index is 0.164. The zero-order valence-corrected chi connectivity index (χ0v) is 18.3. The van der Waals surface area contributed by atoms with Gasteiger partial charge in [0.05, 0.1) is 17.9 Å². The molecule has 0 saturated carbocycles. The fraction of sp³-hybridized carbons (Fsp3) is 0.125. The average Bonchev–Trinajstić information content (AvgIpc) is 2.80. The molecule has 8 heteroatoms. The maximum Gasteiger partial charge on any atom is 0.338 e. The van der Waals surface area contributed by atoms with Gasteiger partial charge in [-0.05, 0) is 67.6 Å². The van der Waals surface area contributed by atoms with Crippen molar-refractivity contribution in [2.45, 2.75) is 11.8 Å². The van der Waals surface area contributed by atoms with Gasteiger partial charge >= 0.3 is 12.0 Å². The SMILES string of the molecule is CCOC(=O)c1ccc(NC(=O)CSc2ccc(NC(=O)Nc3ccccc3)cc2)cc1. The predicted octanol–water partition coefficient (Wildman–Crippen LogP) is 5.24. The molecule has 0 saturated heterocycles. The Bertz CT molecular complexity index is 1050. The Morgan fingerprint density at radius 3 is 1.94 bits per heavy atom. The molecule has 0 fully saturated rings. The summed E-state index contributed by atoms with van der Waals surface area (Å²) in [6.45, 7) is 2.06. The van der Waals surface area contributed by atoms with Crippen LogP contribution in [0.3, 0.4) is 0 Å². The number of nitrogens with one attached hydrogen (secondary N) is 3. The zero-order chi connectivity index (χ0) is 22.8. The number of thioether (sulfide) groups is 1. The molecule has 3 N–H and O–H groups in total. The van der Waals surface area contributed by atoms with Gasteiger partial charge in [-0.25, -0.2) is 9.59 Å². The molecular formula is C24H23N3O4S. The normalized spacial score (nSPS) is 10.2. The van der Waals surface area contributed by atoms with E-state index in [2.05, 4.69) is 16.0 Å². The summed E-state index contributed by atoms with van der Waals surface area (Å²) in [4.78, 5) is 36.8. The lowest BCUT2D eigenvalue weighted by atomic mass is 10.2. The van der Waals surface area contributed by atoms with Gasteiger partial charge in [-0.3, -0.25) is 4.79 Å². The Labute approximate surface area is 190 Å². The van der Waals surface area contributed by atoms with Crippen LogP contribution in [0.15, 0.2) is 83.8 Å². The van der Waals surface area contributed by atoms with Crippen LogP contribution in [0.25, 0.3) is 0 Å². The van der Waals surface area contributed by atoms with E-state index in [4.69, 9.17) is 4.74 Å². The first kappa shape index (κ1) is 22.9. The molecule has 0 aliphatic carbocycles. The number of amides is 3. The molecule has 164 valence electrons. The van der Waals surface area contributed by atoms with Crippen molar-refractivity contribution in [3.63, 3.8) is 0 Å². The molecule has 3 aromatic rings. The first-order valence-corrected chi connectivity index (χ1v) is 10.9. The maximum atomic E-state index is 12.2. The standard InChI is InChI=1S/C24H23N3O4S/c1-2-31-23(29)17-8-10-19(11-9-17)25-22(28)16-32-21-14-12-20(13-15-21)27-24(30)26-18-6-4-3-5-7-18/h3-15H,2,16H2,1H3,(H,25,28)(H2,26,27,30). The summed E-state index contributed by atoms with van der Waals surface area (Å²) >= 11 is 1.38. The van der Waals surface area contributed by atoms with Crippen molar-refractivity contribution in [2.75, 3.05) is 28.3 Å². The summed E-state index contributed by atoms with van der Waals surface area (Å²) in [5.74, 6) is -0.333. The molecule has 0 heterocycles. The largest absolute Gasteiger partial charge is 0.462 e. The van der Waals surface area contributed by atoms with Crippen LogP contribution < -0.4 is 16.0 Å². The van der Waals surface area contributed by atoms with Crippen LogP contribution in [0.4, 0.5) is 21.9 Å². The number of benzene rings is 3. The monoisotopic (exact) mass is 449 g/mol. The van der Waals surface area contributed by atoms with Gasteiger partial charge in [0.1, 0.15) is 0 Å². The lowest BCUT2D eigenvalue weighted by Crippen LogP contribution is -2.19. The molecule has 0 spiro atoms. The van der Waals surface area contributed by atoms with E-state index in [9.17, 15) is 14.4 Å². The first-order chi connectivity index (χ1) is 15.5. The number of carbonyl (C=O) groups is 3. The Morgan fingerprint density at radius 1 is 0.750 bits per heavy atom. The molecule has 0 atom stereocenters. The van der Waals surface area contributed by atoms with Crippen molar-refractivity contribution in [1.29, 1.82) is 0 Å². The topological polar surface area (TPSA) is 96.5 Å². The van der Waals surface area contributed by atoms with Crippen molar-refractivity contribution in [3.05, 3.63) is 84.4 Å². The Morgan fingerprint density at radius 2 is 1.31 bits per heavy atom. The third-order valence-corrected chi connectivity index (χ3v) is 5.21. The van der Waals surface area contributed by atoms with E-state index < -0.39 is 5.97 Å². The fourth-order valence-corrected chi connectivity index (χ4v) is 3.40. The van der Waals surface area contributed by atoms with E-state index in [1.807, 2.05) is 30.3 Å². The third-order valence-electron chi connectivity index (χ3n) is 4.19. The average molecular weight is 450 g/mol. The van der Waals surface area contributed by atoms with Gasteiger partial charge in [-0.2, -0.15) is 0 Å². The lowest BCUT2D eigenvalue weighted by Gasteiger charge is -2.09. The number of rotatable bonds is 8. The summed E-state index contributed by atoms with van der Waals surface area (Å²) < 4.78 is 4.94. The highest BCUT2D eigenvalue weighted by molar-refractivity contribution is 8.00. The van der Waals surface area contributed by atoms with Gasteiger partial charge < -0.3 is 20.7 Å². The van der Waals surface area contributed by atoms with Crippen LogP contribution in [0.1, 0.15) is 17.3 Å². The Balaban J connectivity index is 1.44. The van der Waals surface area contributed by atoms with Crippen molar-refractivity contribution < 1.29 is 19.1 Å². The van der Waals surface area contributed by atoms with Crippen LogP contribution in [0.5, 0.6) is 0 Å². The molecule has 0 aliphatic heterocycles. The highest BCUT2D eigenvalue weighted by Crippen LogP contribution is 2.21. The lowest BCUT2D eigenvalue weighted by molar-refractivity contribution is -0.113. The van der Waals surface area contributed by atoms with Gasteiger partial charge in [0.25, 0.3) is 0 Å². The number of carbonyl (C=O) groups excluding carboxylic acids is 3. The summed E-state index contributed by atoms with van der Waals surface area (Å²) in [7, 11) is 0. The fourth-order valence-electron chi connectivity index (χ4n) is 2.70.